The first-order valence-electron chi connectivity index (χ1n) is 6.15. The summed E-state index contributed by atoms with van der Waals surface area (Å²) in [6.07, 6.45) is 0.699. The topological polar surface area (TPSA) is 49.4 Å². The van der Waals surface area contributed by atoms with E-state index in [1.165, 1.54) is 0 Å². The fourth-order valence-electron chi connectivity index (χ4n) is 2.14. The molecule has 5 heteroatoms. The second kappa shape index (κ2) is 5.52. The fourth-order valence-corrected chi connectivity index (χ4v) is 2.80. The van der Waals surface area contributed by atoms with Gasteiger partial charge < -0.3 is 10.2 Å². The highest BCUT2D eigenvalue weighted by molar-refractivity contribution is 7.07. The highest BCUT2D eigenvalue weighted by Crippen LogP contribution is 2.15. The zero-order valence-corrected chi connectivity index (χ0v) is 11.5. The molecule has 0 aliphatic carbocycles. The summed E-state index contributed by atoms with van der Waals surface area (Å²) in [6, 6.07) is 1.63. The van der Waals surface area contributed by atoms with Gasteiger partial charge in [-0.2, -0.15) is 11.3 Å². The van der Waals surface area contributed by atoms with Crippen molar-refractivity contribution in [2.24, 2.45) is 5.92 Å². The van der Waals surface area contributed by atoms with Crippen LogP contribution in [0.1, 0.15) is 25.8 Å². The van der Waals surface area contributed by atoms with E-state index in [-0.39, 0.29) is 24.4 Å². The molecule has 18 heavy (non-hydrogen) atoms. The first-order valence-corrected chi connectivity index (χ1v) is 7.09. The van der Waals surface area contributed by atoms with E-state index >= 15 is 0 Å². The largest absolute Gasteiger partial charge is 0.343 e. The molecule has 0 saturated carbocycles. The van der Waals surface area contributed by atoms with Crippen molar-refractivity contribution in [2.75, 3.05) is 6.54 Å². The predicted octanol–water partition coefficient (Wildman–Crippen LogP) is 1.62. The number of amides is 2. The number of carbonyl (C=O) groups excluding carboxylic acids is 2. The van der Waals surface area contributed by atoms with Crippen molar-refractivity contribution in [3.63, 3.8) is 0 Å². The van der Waals surface area contributed by atoms with Crippen molar-refractivity contribution in [1.82, 2.24) is 10.2 Å². The molecule has 0 radical (unpaired) electrons. The maximum absolute atomic E-state index is 12.2. The lowest BCUT2D eigenvalue weighted by Crippen LogP contribution is -2.57. The number of thiophene rings is 1. The van der Waals surface area contributed by atoms with E-state index in [9.17, 15) is 9.59 Å². The minimum atomic E-state index is -0.357. The average Bonchev–Trinajstić information content (AvgIpc) is 2.77. The second-order valence-electron chi connectivity index (χ2n) is 5.08. The van der Waals surface area contributed by atoms with Crippen LogP contribution in [0.2, 0.25) is 0 Å². The van der Waals surface area contributed by atoms with Crippen molar-refractivity contribution in [3.8, 4) is 0 Å². The Labute approximate surface area is 111 Å². The Bertz CT molecular complexity index is 428. The molecule has 0 spiro atoms. The number of hydrogen-bond donors (Lipinski definition) is 1. The van der Waals surface area contributed by atoms with Gasteiger partial charge in [-0.3, -0.25) is 9.59 Å². The van der Waals surface area contributed by atoms with Gasteiger partial charge in [-0.15, -0.1) is 0 Å². The molecule has 0 bridgehead atoms. The lowest BCUT2D eigenvalue weighted by atomic mass is 10.0. The Hall–Kier alpha value is -1.36. The molecular weight excluding hydrogens is 248 g/mol. The highest BCUT2D eigenvalue weighted by Gasteiger charge is 2.32. The van der Waals surface area contributed by atoms with Crippen LogP contribution in [0.4, 0.5) is 0 Å². The quantitative estimate of drug-likeness (QED) is 0.900. The van der Waals surface area contributed by atoms with Crippen LogP contribution in [0.3, 0.4) is 0 Å². The van der Waals surface area contributed by atoms with Crippen molar-refractivity contribution < 1.29 is 9.59 Å². The van der Waals surface area contributed by atoms with Crippen LogP contribution in [-0.2, 0) is 16.1 Å². The van der Waals surface area contributed by atoms with E-state index in [1.807, 2.05) is 16.8 Å². The minimum Gasteiger partial charge on any atom is -0.343 e. The molecule has 1 atom stereocenters. The van der Waals surface area contributed by atoms with E-state index in [0.29, 0.717) is 18.9 Å². The van der Waals surface area contributed by atoms with E-state index in [1.54, 1.807) is 16.2 Å². The number of hydrogen-bond acceptors (Lipinski definition) is 3. The number of rotatable bonds is 4. The SMILES string of the molecule is CC(C)CC1NC(=O)CN(Cc2ccsc2)C1=O. The highest BCUT2D eigenvalue weighted by atomic mass is 32.1. The third-order valence-corrected chi connectivity index (χ3v) is 3.67. The Morgan fingerprint density at radius 3 is 2.89 bits per heavy atom. The van der Waals surface area contributed by atoms with Crippen LogP contribution in [0.15, 0.2) is 16.8 Å². The van der Waals surface area contributed by atoms with Crippen molar-refractivity contribution >= 4 is 23.2 Å². The number of nitrogens with zero attached hydrogens (tertiary/aromatic N) is 1. The first-order chi connectivity index (χ1) is 8.56. The van der Waals surface area contributed by atoms with Gasteiger partial charge in [0, 0.05) is 6.54 Å². The normalized spacial score (nSPS) is 20.4. The summed E-state index contributed by atoms with van der Waals surface area (Å²) in [4.78, 5) is 25.5. The number of carbonyl (C=O) groups is 2. The minimum absolute atomic E-state index is 0.0366. The summed E-state index contributed by atoms with van der Waals surface area (Å²) in [6.45, 7) is 4.81. The average molecular weight is 266 g/mol. The van der Waals surface area contributed by atoms with Crippen LogP contribution >= 0.6 is 11.3 Å². The van der Waals surface area contributed by atoms with Gasteiger partial charge in [0.05, 0.1) is 6.54 Å². The summed E-state index contributed by atoms with van der Waals surface area (Å²) in [7, 11) is 0. The third kappa shape index (κ3) is 3.10. The maximum Gasteiger partial charge on any atom is 0.245 e. The van der Waals surface area contributed by atoms with Gasteiger partial charge in [-0.1, -0.05) is 13.8 Å². The Balaban J connectivity index is 2.05. The van der Waals surface area contributed by atoms with Crippen LogP contribution in [0.25, 0.3) is 0 Å². The molecule has 1 aromatic heterocycles. The summed E-state index contributed by atoms with van der Waals surface area (Å²) < 4.78 is 0. The molecule has 1 aliphatic rings. The van der Waals surface area contributed by atoms with Crippen LogP contribution < -0.4 is 5.32 Å². The van der Waals surface area contributed by atoms with Gasteiger partial charge in [0.15, 0.2) is 0 Å². The molecule has 1 aliphatic heterocycles. The standard InChI is InChI=1S/C13H18N2O2S/c1-9(2)5-11-13(17)15(7-12(16)14-11)6-10-3-4-18-8-10/h3-4,8-9,11H,5-7H2,1-2H3,(H,14,16). The molecule has 4 nitrogen and oxygen atoms in total. The molecule has 98 valence electrons. The molecule has 2 amide bonds. The molecule has 2 rings (SSSR count). The predicted molar refractivity (Wildman–Crippen MR) is 71.1 cm³/mol. The smallest absolute Gasteiger partial charge is 0.245 e. The fraction of sp³-hybridized carbons (Fsp3) is 0.538. The molecule has 1 aromatic rings. The lowest BCUT2D eigenvalue weighted by molar-refractivity contribution is -0.145. The van der Waals surface area contributed by atoms with Gasteiger partial charge in [0.2, 0.25) is 11.8 Å². The Morgan fingerprint density at radius 1 is 1.50 bits per heavy atom. The Kier molecular flexibility index (Phi) is 4.01. The second-order valence-corrected chi connectivity index (χ2v) is 5.86. The summed E-state index contributed by atoms with van der Waals surface area (Å²) >= 11 is 1.60. The number of nitrogens with one attached hydrogen (secondary N) is 1. The first kappa shape index (κ1) is 13.1. The van der Waals surface area contributed by atoms with E-state index in [2.05, 4.69) is 19.2 Å². The molecule has 0 aromatic carbocycles. The zero-order chi connectivity index (χ0) is 13.1. The molecular formula is C13H18N2O2S. The molecule has 2 heterocycles. The molecule has 1 fully saturated rings. The van der Waals surface area contributed by atoms with Crippen LogP contribution in [0.5, 0.6) is 0 Å². The van der Waals surface area contributed by atoms with E-state index in [4.69, 9.17) is 0 Å². The molecule has 1 saturated heterocycles. The van der Waals surface area contributed by atoms with Crippen molar-refractivity contribution in [1.29, 1.82) is 0 Å². The van der Waals surface area contributed by atoms with Gasteiger partial charge in [-0.25, -0.2) is 0 Å². The lowest BCUT2D eigenvalue weighted by Gasteiger charge is -2.33. The summed E-state index contributed by atoms with van der Waals surface area (Å²) in [5.41, 5.74) is 1.09. The third-order valence-electron chi connectivity index (χ3n) is 2.94. The number of piperazine rings is 1. The summed E-state index contributed by atoms with van der Waals surface area (Å²) in [5.74, 6) is 0.366. The summed E-state index contributed by atoms with van der Waals surface area (Å²) in [5, 5.41) is 6.77. The van der Waals surface area contributed by atoms with Crippen LogP contribution in [0, 0.1) is 5.92 Å². The van der Waals surface area contributed by atoms with Crippen LogP contribution in [-0.4, -0.2) is 29.3 Å². The Morgan fingerprint density at radius 2 is 2.28 bits per heavy atom. The molecule has 1 N–H and O–H groups in total. The van der Waals surface area contributed by atoms with Crippen molar-refractivity contribution in [2.45, 2.75) is 32.9 Å². The van der Waals surface area contributed by atoms with Gasteiger partial charge in [0.25, 0.3) is 0 Å². The molecule has 1 unspecified atom stereocenters. The maximum atomic E-state index is 12.2. The van der Waals surface area contributed by atoms with Gasteiger partial charge in [0.1, 0.15) is 6.04 Å². The zero-order valence-electron chi connectivity index (χ0n) is 10.7. The monoisotopic (exact) mass is 266 g/mol. The van der Waals surface area contributed by atoms with E-state index in [0.717, 1.165) is 5.56 Å². The van der Waals surface area contributed by atoms with Crippen molar-refractivity contribution in [3.05, 3.63) is 22.4 Å². The van der Waals surface area contributed by atoms with Gasteiger partial charge in [-0.05, 0) is 34.7 Å². The van der Waals surface area contributed by atoms with E-state index < -0.39 is 0 Å². The van der Waals surface area contributed by atoms with Gasteiger partial charge >= 0.3 is 0 Å².